The number of para-hydroxylation sites is 1. The van der Waals surface area contributed by atoms with Crippen LogP contribution < -0.4 is 10.1 Å². The van der Waals surface area contributed by atoms with Crippen molar-refractivity contribution in [2.45, 2.75) is 12.2 Å². The Morgan fingerprint density at radius 1 is 1.15 bits per heavy atom. The molecule has 0 radical (unpaired) electrons. The first-order valence-electron chi connectivity index (χ1n) is 7.90. The Labute approximate surface area is 152 Å². The van der Waals surface area contributed by atoms with Crippen LogP contribution in [0.1, 0.15) is 33.4 Å². The van der Waals surface area contributed by atoms with E-state index in [-0.39, 0.29) is 5.69 Å². The van der Waals surface area contributed by atoms with E-state index >= 15 is 0 Å². The van der Waals surface area contributed by atoms with Gasteiger partial charge in [-0.1, -0.05) is 18.2 Å². The Hall–Kier alpha value is -3.29. The number of nitrogens with one attached hydrogen (secondary N) is 1. The molecule has 140 valence electrons. The van der Waals surface area contributed by atoms with Crippen LogP contribution in [-0.4, -0.2) is 18.0 Å². The van der Waals surface area contributed by atoms with Gasteiger partial charge < -0.3 is 14.5 Å². The standard InChI is InChI=1S/C19H15F3N2O3/c1-26-15-6-3-2-5-13(15)17(16-7-4-10-27-16)24-18(25)14-9-8-12(11-23-14)19(20,21)22/h2-11,17H,1H3,(H,24,25). The molecule has 27 heavy (non-hydrogen) atoms. The van der Waals surface area contributed by atoms with Gasteiger partial charge in [0.1, 0.15) is 23.2 Å². The normalized spacial score (nSPS) is 12.4. The number of furan rings is 1. The van der Waals surface area contributed by atoms with Gasteiger partial charge >= 0.3 is 6.18 Å². The first kappa shape index (κ1) is 18.5. The molecular weight excluding hydrogens is 361 g/mol. The zero-order valence-electron chi connectivity index (χ0n) is 14.2. The van der Waals surface area contributed by atoms with Crippen molar-refractivity contribution in [3.8, 4) is 5.75 Å². The number of hydrogen-bond acceptors (Lipinski definition) is 4. The lowest BCUT2D eigenvalue weighted by Crippen LogP contribution is -2.30. The second-order valence-corrected chi connectivity index (χ2v) is 5.59. The number of methoxy groups -OCH3 is 1. The van der Waals surface area contributed by atoms with Crippen LogP contribution in [0.5, 0.6) is 5.75 Å². The molecule has 5 nitrogen and oxygen atoms in total. The van der Waals surface area contributed by atoms with Crippen molar-refractivity contribution in [1.29, 1.82) is 0 Å². The third-order valence-corrected chi connectivity index (χ3v) is 3.88. The molecule has 0 spiro atoms. The number of halogens is 3. The van der Waals surface area contributed by atoms with Crippen LogP contribution >= 0.6 is 0 Å². The second-order valence-electron chi connectivity index (χ2n) is 5.59. The van der Waals surface area contributed by atoms with E-state index in [9.17, 15) is 18.0 Å². The lowest BCUT2D eigenvalue weighted by molar-refractivity contribution is -0.137. The summed E-state index contributed by atoms with van der Waals surface area (Å²) in [6.07, 6.45) is -2.43. The quantitative estimate of drug-likeness (QED) is 0.724. The molecule has 1 amide bonds. The number of hydrogen-bond donors (Lipinski definition) is 1. The summed E-state index contributed by atoms with van der Waals surface area (Å²) in [4.78, 5) is 16.2. The van der Waals surface area contributed by atoms with Gasteiger partial charge in [0.05, 0.1) is 18.9 Å². The van der Waals surface area contributed by atoms with Crippen molar-refractivity contribution in [2.75, 3.05) is 7.11 Å². The Kier molecular flexibility index (Phi) is 5.16. The fourth-order valence-electron chi connectivity index (χ4n) is 2.56. The number of alkyl halides is 3. The minimum absolute atomic E-state index is 0.144. The van der Waals surface area contributed by atoms with Gasteiger partial charge in [-0.3, -0.25) is 9.78 Å². The van der Waals surface area contributed by atoms with Crippen LogP contribution in [0.15, 0.2) is 65.4 Å². The average Bonchev–Trinajstić information content (AvgIpc) is 3.20. The Morgan fingerprint density at radius 2 is 1.93 bits per heavy atom. The number of aromatic nitrogens is 1. The van der Waals surface area contributed by atoms with E-state index < -0.39 is 23.7 Å². The average molecular weight is 376 g/mol. The molecule has 3 rings (SSSR count). The highest BCUT2D eigenvalue weighted by atomic mass is 19.4. The summed E-state index contributed by atoms with van der Waals surface area (Å²) in [7, 11) is 1.50. The Bertz CT molecular complexity index is 907. The van der Waals surface area contributed by atoms with Crippen molar-refractivity contribution in [2.24, 2.45) is 0 Å². The molecule has 3 aromatic rings. The van der Waals surface area contributed by atoms with Gasteiger partial charge in [0.2, 0.25) is 0 Å². The molecule has 0 bridgehead atoms. The smallest absolute Gasteiger partial charge is 0.417 e. The Morgan fingerprint density at radius 3 is 2.52 bits per heavy atom. The third-order valence-electron chi connectivity index (χ3n) is 3.88. The van der Waals surface area contributed by atoms with Gasteiger partial charge in [-0.2, -0.15) is 13.2 Å². The molecule has 2 aromatic heterocycles. The predicted octanol–water partition coefficient (Wildman–Crippen LogP) is 4.22. The molecule has 0 aliphatic heterocycles. The molecule has 1 N–H and O–H groups in total. The highest BCUT2D eigenvalue weighted by Crippen LogP contribution is 2.31. The van der Waals surface area contributed by atoms with E-state index in [1.807, 2.05) is 0 Å². The van der Waals surface area contributed by atoms with E-state index in [1.165, 1.54) is 13.4 Å². The van der Waals surface area contributed by atoms with Gasteiger partial charge in [0, 0.05) is 11.8 Å². The van der Waals surface area contributed by atoms with Crippen molar-refractivity contribution in [3.05, 3.63) is 83.6 Å². The van der Waals surface area contributed by atoms with Gasteiger partial charge in [0.15, 0.2) is 0 Å². The summed E-state index contributed by atoms with van der Waals surface area (Å²) >= 11 is 0. The molecule has 1 atom stereocenters. The lowest BCUT2D eigenvalue weighted by atomic mass is 10.0. The van der Waals surface area contributed by atoms with Crippen LogP contribution in [0.3, 0.4) is 0 Å². The molecule has 2 heterocycles. The summed E-state index contributed by atoms with van der Waals surface area (Å²) in [6.45, 7) is 0. The molecule has 0 aliphatic carbocycles. The van der Waals surface area contributed by atoms with Crippen molar-refractivity contribution in [1.82, 2.24) is 10.3 Å². The number of rotatable bonds is 5. The first-order chi connectivity index (χ1) is 12.9. The van der Waals surface area contributed by atoms with Crippen molar-refractivity contribution in [3.63, 3.8) is 0 Å². The second kappa shape index (κ2) is 7.53. The first-order valence-corrected chi connectivity index (χ1v) is 7.90. The van der Waals surface area contributed by atoms with E-state index in [1.54, 1.807) is 36.4 Å². The number of pyridine rings is 1. The molecule has 0 fully saturated rings. The van der Waals surface area contributed by atoms with Crippen molar-refractivity contribution >= 4 is 5.91 Å². The maximum atomic E-state index is 12.7. The van der Waals surface area contributed by atoms with E-state index in [2.05, 4.69) is 10.3 Å². The topological polar surface area (TPSA) is 64.4 Å². The fraction of sp³-hybridized carbons (Fsp3) is 0.158. The van der Waals surface area contributed by atoms with Crippen LogP contribution in [0.4, 0.5) is 13.2 Å². The summed E-state index contributed by atoms with van der Waals surface area (Å²) in [5.74, 6) is 0.329. The summed E-state index contributed by atoms with van der Waals surface area (Å²) < 4.78 is 48.7. The van der Waals surface area contributed by atoms with E-state index in [4.69, 9.17) is 9.15 Å². The SMILES string of the molecule is COc1ccccc1C(NC(=O)c1ccc(C(F)(F)F)cn1)c1ccco1. The number of carbonyl (C=O) groups is 1. The predicted molar refractivity (Wildman–Crippen MR) is 90.3 cm³/mol. The number of benzene rings is 1. The monoisotopic (exact) mass is 376 g/mol. The zero-order valence-corrected chi connectivity index (χ0v) is 14.2. The van der Waals surface area contributed by atoms with Gasteiger partial charge in [0.25, 0.3) is 5.91 Å². The minimum atomic E-state index is -4.52. The third kappa shape index (κ3) is 4.11. The zero-order chi connectivity index (χ0) is 19.4. The van der Waals surface area contributed by atoms with Crippen LogP contribution in [0.2, 0.25) is 0 Å². The number of amides is 1. The lowest BCUT2D eigenvalue weighted by Gasteiger charge is -2.19. The molecule has 0 saturated heterocycles. The van der Waals surface area contributed by atoms with Crippen LogP contribution in [-0.2, 0) is 6.18 Å². The largest absolute Gasteiger partial charge is 0.496 e. The molecular formula is C19H15F3N2O3. The highest BCUT2D eigenvalue weighted by Gasteiger charge is 2.31. The molecule has 0 aliphatic rings. The summed E-state index contributed by atoms with van der Waals surface area (Å²) in [5, 5.41) is 2.73. The van der Waals surface area contributed by atoms with E-state index in [0.29, 0.717) is 23.3 Å². The summed E-state index contributed by atoms with van der Waals surface area (Å²) in [5.41, 5.74) is -0.434. The van der Waals surface area contributed by atoms with Gasteiger partial charge in [-0.05, 0) is 30.3 Å². The molecule has 1 unspecified atom stereocenters. The summed E-state index contributed by atoms with van der Waals surface area (Å²) in [6, 6.07) is 11.5. The highest BCUT2D eigenvalue weighted by molar-refractivity contribution is 5.92. The van der Waals surface area contributed by atoms with Gasteiger partial charge in [-0.25, -0.2) is 0 Å². The molecule has 0 saturated carbocycles. The minimum Gasteiger partial charge on any atom is -0.496 e. The van der Waals surface area contributed by atoms with Crippen molar-refractivity contribution < 1.29 is 27.1 Å². The molecule has 8 heteroatoms. The number of nitrogens with zero attached hydrogens (tertiary/aromatic N) is 1. The number of carbonyl (C=O) groups excluding carboxylic acids is 1. The molecule has 1 aromatic carbocycles. The number of ether oxygens (including phenoxy) is 1. The van der Waals surface area contributed by atoms with E-state index in [0.717, 1.165) is 12.1 Å². The van der Waals surface area contributed by atoms with Crippen LogP contribution in [0.25, 0.3) is 0 Å². The maximum absolute atomic E-state index is 12.7. The maximum Gasteiger partial charge on any atom is 0.417 e. The fourth-order valence-corrected chi connectivity index (χ4v) is 2.56. The van der Waals surface area contributed by atoms with Crippen LogP contribution in [0, 0.1) is 0 Å². The Balaban J connectivity index is 1.90. The van der Waals surface area contributed by atoms with Gasteiger partial charge in [-0.15, -0.1) is 0 Å².